The number of carbonyl (C=O) groups is 5. The van der Waals surface area contributed by atoms with Crippen molar-refractivity contribution in [1.82, 2.24) is 0 Å². The molecule has 0 radical (unpaired) electrons. The van der Waals surface area contributed by atoms with E-state index in [0.717, 1.165) is 18.9 Å². The maximum Gasteiger partial charge on any atom is 0.190 e. The molecular formula is C28H34O7. The minimum absolute atomic E-state index is 0.114. The molecule has 7 heteroatoms. The number of hydrogen-bond acceptors (Lipinski definition) is 7. The van der Waals surface area contributed by atoms with Crippen LogP contribution in [0.25, 0.3) is 0 Å². The number of ether oxygens (including phenoxy) is 1. The van der Waals surface area contributed by atoms with E-state index < -0.39 is 63.1 Å². The number of Topliss-reactive ketones (excluding diaryl/α,β-unsaturated/α-hetero) is 5. The highest BCUT2D eigenvalue weighted by atomic mass is 16.5. The van der Waals surface area contributed by atoms with E-state index in [1.165, 1.54) is 0 Å². The summed E-state index contributed by atoms with van der Waals surface area (Å²) < 4.78 is 5.80. The Hall–Kier alpha value is -2.67. The van der Waals surface area contributed by atoms with Crippen LogP contribution in [0, 0.1) is 34.5 Å². The predicted molar refractivity (Wildman–Crippen MR) is 127 cm³/mol. The quantitative estimate of drug-likeness (QED) is 0.641. The van der Waals surface area contributed by atoms with E-state index in [-0.39, 0.29) is 12.3 Å². The molecule has 0 aliphatic heterocycles. The van der Waals surface area contributed by atoms with Crippen molar-refractivity contribution in [2.75, 3.05) is 6.61 Å². The normalized spacial score (nSPS) is 36.5. The SMILES string of the molecule is CCCOc1cccc2c1C(=O)C1C(=O)[C@@]3(O)C(=O)C(C(C)=O)C(=O)C(C(C)C)[C@@]3(C)C[C@@]1(C)C2. The van der Waals surface area contributed by atoms with Gasteiger partial charge in [0, 0.05) is 11.3 Å². The van der Waals surface area contributed by atoms with Crippen LogP contribution in [0.1, 0.15) is 70.3 Å². The Morgan fingerprint density at radius 3 is 2.37 bits per heavy atom. The lowest BCUT2D eigenvalue weighted by Gasteiger charge is -2.61. The van der Waals surface area contributed by atoms with Gasteiger partial charge in [-0.25, -0.2) is 0 Å². The summed E-state index contributed by atoms with van der Waals surface area (Å²) in [6.07, 6.45) is 1.22. The van der Waals surface area contributed by atoms with Crippen molar-refractivity contribution >= 4 is 28.9 Å². The molecule has 188 valence electrons. The standard InChI is InChI=1S/C28H34O7/c1-7-11-35-17-10-8-9-16-12-26(5)13-27(6)20(14(2)3)22(30)18(15(4)29)24(32)28(27,34)25(33)21(26)23(31)19(16)17/h8-10,14,18,20-21,34H,7,11-13H2,1-6H3/t18?,20?,21?,26-,27-,28+/m1/s1. The largest absolute Gasteiger partial charge is 0.493 e. The molecule has 2 fully saturated rings. The first-order valence-corrected chi connectivity index (χ1v) is 12.4. The molecule has 7 nitrogen and oxygen atoms in total. The number of hydrogen-bond donors (Lipinski definition) is 1. The van der Waals surface area contributed by atoms with E-state index in [9.17, 15) is 29.1 Å². The smallest absolute Gasteiger partial charge is 0.190 e. The van der Waals surface area contributed by atoms with Crippen molar-refractivity contribution in [1.29, 1.82) is 0 Å². The molecule has 35 heavy (non-hydrogen) atoms. The van der Waals surface area contributed by atoms with Gasteiger partial charge in [0.05, 0.1) is 18.1 Å². The molecule has 3 aliphatic rings. The fraction of sp³-hybridized carbons (Fsp3) is 0.607. The molecule has 0 saturated heterocycles. The monoisotopic (exact) mass is 482 g/mol. The zero-order chi connectivity index (χ0) is 26.1. The Morgan fingerprint density at radius 2 is 1.80 bits per heavy atom. The summed E-state index contributed by atoms with van der Waals surface area (Å²) in [5.74, 6) is -7.53. The fourth-order valence-electron chi connectivity index (χ4n) is 7.41. The average molecular weight is 483 g/mol. The van der Waals surface area contributed by atoms with Gasteiger partial charge in [0.15, 0.2) is 28.7 Å². The van der Waals surface area contributed by atoms with Gasteiger partial charge in [-0.3, -0.25) is 24.0 Å². The Bertz CT molecular complexity index is 1150. The van der Waals surface area contributed by atoms with Crippen LogP contribution in [0.4, 0.5) is 0 Å². The molecule has 6 atom stereocenters. The Labute approximate surface area is 205 Å². The minimum Gasteiger partial charge on any atom is -0.493 e. The number of aliphatic hydroxyl groups is 1. The number of benzene rings is 1. The third-order valence-corrected chi connectivity index (χ3v) is 8.56. The number of rotatable bonds is 5. The molecule has 1 aromatic carbocycles. The van der Waals surface area contributed by atoms with E-state index in [4.69, 9.17) is 4.74 Å². The van der Waals surface area contributed by atoms with Gasteiger partial charge in [-0.1, -0.05) is 46.8 Å². The fourth-order valence-corrected chi connectivity index (χ4v) is 7.41. The van der Waals surface area contributed by atoms with Crippen LogP contribution in [0.3, 0.4) is 0 Å². The highest BCUT2D eigenvalue weighted by molar-refractivity contribution is 6.32. The third kappa shape index (κ3) is 3.23. The first kappa shape index (κ1) is 25.4. The van der Waals surface area contributed by atoms with Gasteiger partial charge in [0.2, 0.25) is 0 Å². The Balaban J connectivity index is 1.93. The second kappa shape index (κ2) is 8.19. The second-order valence-electron chi connectivity index (χ2n) is 11.5. The highest BCUT2D eigenvalue weighted by Gasteiger charge is 2.76. The van der Waals surface area contributed by atoms with Crippen LogP contribution in [0.15, 0.2) is 18.2 Å². The molecule has 3 aliphatic carbocycles. The number of fused-ring (bicyclic) bond motifs is 3. The summed E-state index contributed by atoms with van der Waals surface area (Å²) in [6.45, 7) is 10.5. The van der Waals surface area contributed by atoms with Crippen molar-refractivity contribution in [3.8, 4) is 5.75 Å². The van der Waals surface area contributed by atoms with Gasteiger partial charge in [-0.2, -0.15) is 0 Å². The first-order chi connectivity index (χ1) is 16.3. The van der Waals surface area contributed by atoms with Crippen LogP contribution >= 0.6 is 0 Å². The van der Waals surface area contributed by atoms with E-state index >= 15 is 0 Å². The average Bonchev–Trinajstić information content (AvgIpc) is 2.74. The van der Waals surface area contributed by atoms with Crippen LogP contribution in [0.2, 0.25) is 0 Å². The Morgan fingerprint density at radius 1 is 1.14 bits per heavy atom. The van der Waals surface area contributed by atoms with E-state index in [2.05, 4.69) is 0 Å². The van der Waals surface area contributed by atoms with Crippen molar-refractivity contribution in [3.05, 3.63) is 29.3 Å². The molecule has 4 rings (SSSR count). The van der Waals surface area contributed by atoms with Gasteiger partial charge in [0.25, 0.3) is 0 Å². The van der Waals surface area contributed by atoms with E-state index in [0.29, 0.717) is 24.3 Å². The second-order valence-corrected chi connectivity index (χ2v) is 11.5. The molecule has 3 unspecified atom stereocenters. The van der Waals surface area contributed by atoms with E-state index in [1.807, 2.05) is 26.0 Å². The third-order valence-electron chi connectivity index (χ3n) is 8.56. The number of carbonyl (C=O) groups excluding carboxylic acids is 5. The maximum absolute atomic E-state index is 14.2. The lowest BCUT2D eigenvalue weighted by atomic mass is 9.40. The van der Waals surface area contributed by atoms with Crippen molar-refractivity contribution < 1.29 is 33.8 Å². The summed E-state index contributed by atoms with van der Waals surface area (Å²) in [4.78, 5) is 67.5. The van der Waals surface area contributed by atoms with Crippen LogP contribution in [0.5, 0.6) is 5.75 Å². The van der Waals surface area contributed by atoms with Gasteiger partial charge in [-0.15, -0.1) is 0 Å². The van der Waals surface area contributed by atoms with Crippen molar-refractivity contribution in [2.45, 2.75) is 66.4 Å². The maximum atomic E-state index is 14.2. The molecule has 1 aromatic rings. The summed E-state index contributed by atoms with van der Waals surface area (Å²) in [6, 6.07) is 5.34. The molecule has 0 bridgehead atoms. The lowest BCUT2D eigenvalue weighted by Crippen LogP contribution is -2.76. The molecule has 0 amide bonds. The molecule has 0 heterocycles. The van der Waals surface area contributed by atoms with Crippen LogP contribution in [-0.4, -0.2) is 46.2 Å². The Kier molecular flexibility index (Phi) is 5.95. The highest BCUT2D eigenvalue weighted by Crippen LogP contribution is 2.63. The van der Waals surface area contributed by atoms with Gasteiger partial charge >= 0.3 is 0 Å². The lowest BCUT2D eigenvalue weighted by molar-refractivity contribution is -0.205. The molecule has 0 aromatic heterocycles. The van der Waals surface area contributed by atoms with Gasteiger partial charge < -0.3 is 9.84 Å². The zero-order valence-electron chi connectivity index (χ0n) is 21.3. The number of ketones is 5. The summed E-state index contributed by atoms with van der Waals surface area (Å²) in [7, 11) is 0. The van der Waals surface area contributed by atoms with Crippen molar-refractivity contribution in [2.24, 2.45) is 34.5 Å². The molecule has 2 saturated carbocycles. The molecular weight excluding hydrogens is 448 g/mol. The summed E-state index contributed by atoms with van der Waals surface area (Å²) in [5.41, 5.74) is -3.91. The predicted octanol–water partition coefficient (Wildman–Crippen LogP) is 3.18. The van der Waals surface area contributed by atoms with Crippen molar-refractivity contribution in [3.63, 3.8) is 0 Å². The van der Waals surface area contributed by atoms with Crippen LogP contribution < -0.4 is 4.74 Å². The van der Waals surface area contributed by atoms with E-state index in [1.54, 1.807) is 26.8 Å². The molecule has 0 spiro atoms. The minimum atomic E-state index is -2.61. The zero-order valence-corrected chi connectivity index (χ0v) is 21.3. The molecule has 1 N–H and O–H groups in total. The van der Waals surface area contributed by atoms with Gasteiger partial charge in [0.1, 0.15) is 17.5 Å². The topological polar surface area (TPSA) is 115 Å². The van der Waals surface area contributed by atoms with Gasteiger partial charge in [-0.05, 0) is 49.1 Å². The summed E-state index contributed by atoms with van der Waals surface area (Å²) >= 11 is 0. The van der Waals surface area contributed by atoms with Crippen LogP contribution in [-0.2, 0) is 25.6 Å². The summed E-state index contributed by atoms with van der Waals surface area (Å²) in [5, 5.41) is 12.0. The first-order valence-electron chi connectivity index (χ1n) is 12.4.